The molecule has 1 aromatic carbocycles. The fourth-order valence-electron chi connectivity index (χ4n) is 1.43. The maximum atomic E-state index is 11.7. The summed E-state index contributed by atoms with van der Waals surface area (Å²) in [6.45, 7) is 0. The van der Waals surface area contributed by atoms with Crippen LogP contribution in [0, 0.1) is 0 Å². The van der Waals surface area contributed by atoms with Crippen LogP contribution in [-0.4, -0.2) is 16.7 Å². The lowest BCUT2D eigenvalue weighted by Gasteiger charge is -2.00. The maximum absolute atomic E-state index is 11.7. The Balaban J connectivity index is 1.98. The highest BCUT2D eigenvalue weighted by atomic mass is 35.5. The molecule has 1 heterocycles. The summed E-state index contributed by atoms with van der Waals surface area (Å²) in [4.78, 5) is 11.7. The third-order valence-corrected chi connectivity index (χ3v) is 2.71. The van der Waals surface area contributed by atoms with Crippen LogP contribution in [0.15, 0.2) is 47.7 Å². The van der Waals surface area contributed by atoms with E-state index in [1.165, 1.54) is 0 Å². The minimum Gasteiger partial charge on any atom is -0.350 e. The number of nitrogens with one attached hydrogen (secondary N) is 1. The van der Waals surface area contributed by atoms with Crippen LogP contribution in [0.5, 0.6) is 0 Å². The Kier molecular flexibility index (Phi) is 3.79. The van der Waals surface area contributed by atoms with Crippen molar-refractivity contribution < 1.29 is 4.79 Å². The third kappa shape index (κ3) is 2.99. The molecule has 0 aliphatic carbocycles. The fourth-order valence-corrected chi connectivity index (χ4v) is 1.56. The molecule has 4 nitrogen and oxygen atoms in total. The van der Waals surface area contributed by atoms with Crippen LogP contribution < -0.4 is 5.43 Å². The molecule has 0 aliphatic rings. The minimum atomic E-state index is -0.267. The summed E-state index contributed by atoms with van der Waals surface area (Å²) in [7, 11) is 1.91. The van der Waals surface area contributed by atoms with Gasteiger partial charge in [0.05, 0.1) is 11.9 Å². The molecule has 0 atom stereocenters. The molecule has 2 rings (SSSR count). The Morgan fingerprint density at radius 2 is 2.06 bits per heavy atom. The lowest BCUT2D eigenvalue weighted by Crippen LogP contribution is -2.17. The molecule has 5 heteroatoms. The Labute approximate surface area is 110 Å². The summed E-state index contributed by atoms with van der Waals surface area (Å²) in [6, 6.07) is 10.4. The molecule has 92 valence electrons. The number of hydrazone groups is 1. The SMILES string of the molecule is Cn1cccc1C=NNC(=O)c1ccc(Cl)cc1. The van der Waals surface area contributed by atoms with E-state index in [9.17, 15) is 4.79 Å². The van der Waals surface area contributed by atoms with Crippen molar-refractivity contribution in [3.8, 4) is 0 Å². The molecular weight excluding hydrogens is 250 g/mol. The number of hydrogen-bond acceptors (Lipinski definition) is 2. The maximum Gasteiger partial charge on any atom is 0.271 e. The van der Waals surface area contributed by atoms with Gasteiger partial charge in [-0.25, -0.2) is 5.43 Å². The Bertz CT molecular complexity index is 572. The quantitative estimate of drug-likeness (QED) is 0.669. The number of benzene rings is 1. The highest BCUT2D eigenvalue weighted by Crippen LogP contribution is 2.09. The number of rotatable bonds is 3. The first-order chi connectivity index (χ1) is 8.66. The van der Waals surface area contributed by atoms with Gasteiger partial charge in [0.2, 0.25) is 0 Å². The van der Waals surface area contributed by atoms with Crippen LogP contribution in [0.4, 0.5) is 0 Å². The second kappa shape index (κ2) is 5.51. The van der Waals surface area contributed by atoms with E-state index in [2.05, 4.69) is 10.5 Å². The molecule has 18 heavy (non-hydrogen) atoms. The molecule has 1 aromatic heterocycles. The van der Waals surface area contributed by atoms with Gasteiger partial charge in [-0.1, -0.05) is 11.6 Å². The van der Waals surface area contributed by atoms with E-state index in [0.29, 0.717) is 10.6 Å². The smallest absolute Gasteiger partial charge is 0.271 e. The van der Waals surface area contributed by atoms with Crippen LogP contribution in [0.2, 0.25) is 5.02 Å². The molecular formula is C13H12ClN3O. The Hall–Kier alpha value is -2.07. The van der Waals surface area contributed by atoms with E-state index in [4.69, 9.17) is 11.6 Å². The number of amides is 1. The first-order valence-corrected chi connectivity index (χ1v) is 5.75. The Morgan fingerprint density at radius 1 is 1.33 bits per heavy atom. The summed E-state index contributed by atoms with van der Waals surface area (Å²) in [6.07, 6.45) is 3.50. The van der Waals surface area contributed by atoms with Gasteiger partial charge in [-0.2, -0.15) is 5.10 Å². The van der Waals surface area contributed by atoms with Crippen molar-refractivity contribution in [2.75, 3.05) is 0 Å². The zero-order valence-corrected chi connectivity index (χ0v) is 10.6. The second-order valence-corrected chi connectivity index (χ2v) is 4.19. The molecule has 0 saturated carbocycles. The zero-order valence-electron chi connectivity index (χ0n) is 9.80. The van der Waals surface area contributed by atoms with E-state index in [0.717, 1.165) is 5.69 Å². The summed E-state index contributed by atoms with van der Waals surface area (Å²) >= 11 is 5.74. The first kappa shape index (κ1) is 12.4. The number of halogens is 1. The minimum absolute atomic E-state index is 0.267. The topological polar surface area (TPSA) is 46.4 Å². The number of carbonyl (C=O) groups is 1. The zero-order chi connectivity index (χ0) is 13.0. The van der Waals surface area contributed by atoms with Gasteiger partial charge in [0, 0.05) is 23.8 Å². The van der Waals surface area contributed by atoms with Crippen LogP contribution >= 0.6 is 11.6 Å². The van der Waals surface area contributed by atoms with Crippen molar-refractivity contribution in [2.24, 2.45) is 12.1 Å². The summed E-state index contributed by atoms with van der Waals surface area (Å²) in [5.41, 5.74) is 3.88. The molecule has 0 spiro atoms. The average Bonchev–Trinajstić information content (AvgIpc) is 2.76. The normalized spacial score (nSPS) is 10.8. The van der Waals surface area contributed by atoms with Crippen LogP contribution in [-0.2, 0) is 7.05 Å². The average molecular weight is 262 g/mol. The number of aromatic nitrogens is 1. The second-order valence-electron chi connectivity index (χ2n) is 3.75. The van der Waals surface area contributed by atoms with Gasteiger partial charge in [-0.05, 0) is 36.4 Å². The Morgan fingerprint density at radius 3 is 2.67 bits per heavy atom. The van der Waals surface area contributed by atoms with E-state index in [1.54, 1.807) is 30.5 Å². The van der Waals surface area contributed by atoms with Crippen molar-refractivity contribution in [1.82, 2.24) is 9.99 Å². The van der Waals surface area contributed by atoms with Gasteiger partial charge in [-0.3, -0.25) is 4.79 Å². The van der Waals surface area contributed by atoms with Gasteiger partial charge < -0.3 is 4.57 Å². The molecule has 1 amide bonds. The van der Waals surface area contributed by atoms with E-state index >= 15 is 0 Å². The summed E-state index contributed by atoms with van der Waals surface area (Å²) in [5.74, 6) is -0.267. The lowest BCUT2D eigenvalue weighted by molar-refractivity contribution is 0.0955. The predicted octanol–water partition coefficient (Wildman–Crippen LogP) is 2.44. The number of hydrogen-bond donors (Lipinski definition) is 1. The number of carbonyl (C=O) groups excluding carboxylic acids is 1. The molecule has 0 unspecified atom stereocenters. The van der Waals surface area contributed by atoms with Gasteiger partial charge in [0.15, 0.2) is 0 Å². The van der Waals surface area contributed by atoms with Gasteiger partial charge in [0.25, 0.3) is 5.91 Å². The van der Waals surface area contributed by atoms with E-state index in [-0.39, 0.29) is 5.91 Å². The first-order valence-electron chi connectivity index (χ1n) is 5.37. The number of aryl methyl sites for hydroxylation is 1. The van der Waals surface area contributed by atoms with Gasteiger partial charge in [-0.15, -0.1) is 0 Å². The van der Waals surface area contributed by atoms with Crippen molar-refractivity contribution in [2.45, 2.75) is 0 Å². The van der Waals surface area contributed by atoms with Crippen molar-refractivity contribution in [3.63, 3.8) is 0 Å². The highest BCUT2D eigenvalue weighted by Gasteiger charge is 2.03. The molecule has 1 N–H and O–H groups in total. The largest absolute Gasteiger partial charge is 0.350 e. The molecule has 0 radical (unpaired) electrons. The van der Waals surface area contributed by atoms with Gasteiger partial charge >= 0.3 is 0 Å². The highest BCUT2D eigenvalue weighted by molar-refractivity contribution is 6.30. The monoisotopic (exact) mass is 261 g/mol. The van der Waals surface area contributed by atoms with Crippen LogP contribution in [0.3, 0.4) is 0 Å². The molecule has 0 aliphatic heterocycles. The van der Waals surface area contributed by atoms with Crippen molar-refractivity contribution in [1.29, 1.82) is 0 Å². The molecule has 0 saturated heterocycles. The summed E-state index contributed by atoms with van der Waals surface area (Å²) in [5, 5.41) is 4.49. The lowest BCUT2D eigenvalue weighted by atomic mass is 10.2. The molecule has 0 bridgehead atoms. The van der Waals surface area contributed by atoms with E-state index in [1.807, 2.05) is 29.9 Å². The van der Waals surface area contributed by atoms with Crippen LogP contribution in [0.1, 0.15) is 16.1 Å². The summed E-state index contributed by atoms with van der Waals surface area (Å²) < 4.78 is 1.90. The number of nitrogens with zero attached hydrogens (tertiary/aromatic N) is 2. The predicted molar refractivity (Wildman–Crippen MR) is 71.9 cm³/mol. The molecule has 2 aromatic rings. The fraction of sp³-hybridized carbons (Fsp3) is 0.0769. The van der Waals surface area contributed by atoms with Gasteiger partial charge in [0.1, 0.15) is 0 Å². The molecule has 0 fully saturated rings. The van der Waals surface area contributed by atoms with Crippen molar-refractivity contribution in [3.05, 3.63) is 58.9 Å². The third-order valence-electron chi connectivity index (χ3n) is 2.45. The van der Waals surface area contributed by atoms with Crippen molar-refractivity contribution >= 4 is 23.7 Å². The standard InChI is InChI=1S/C13H12ClN3O/c1-17-8-2-3-12(17)9-15-16-13(18)10-4-6-11(14)7-5-10/h2-9H,1H3,(H,16,18). The van der Waals surface area contributed by atoms with E-state index < -0.39 is 0 Å². The van der Waals surface area contributed by atoms with Crippen LogP contribution in [0.25, 0.3) is 0 Å².